The molecule has 0 radical (unpaired) electrons. The molecule has 0 saturated carbocycles. The van der Waals surface area contributed by atoms with Crippen LogP contribution in [-0.4, -0.2) is 39.1 Å². The Morgan fingerprint density at radius 1 is 1.14 bits per heavy atom. The fourth-order valence-corrected chi connectivity index (χ4v) is 2.49. The molecule has 0 aliphatic rings. The van der Waals surface area contributed by atoms with Gasteiger partial charge in [-0.2, -0.15) is 0 Å². The van der Waals surface area contributed by atoms with Crippen LogP contribution in [0.4, 0.5) is 0 Å². The molecule has 8 heteroatoms. The molecule has 0 aliphatic carbocycles. The SMILES string of the molecule is CCCCCC[C@@H]([NH3+])C(=O)[O-].N[C@H](Cc1ccc(-c2ccccn2)nc1)C(=O)O. The minimum Gasteiger partial charge on any atom is -0.544 e. The summed E-state index contributed by atoms with van der Waals surface area (Å²) in [5, 5.41) is 18.9. The van der Waals surface area contributed by atoms with E-state index in [4.69, 9.17) is 10.8 Å². The van der Waals surface area contributed by atoms with Crippen LogP contribution in [0.5, 0.6) is 0 Å². The second-order valence-electron chi connectivity index (χ2n) is 6.78. The maximum Gasteiger partial charge on any atom is 0.320 e. The van der Waals surface area contributed by atoms with Crippen molar-refractivity contribution in [3.8, 4) is 11.4 Å². The van der Waals surface area contributed by atoms with Crippen LogP contribution in [0.25, 0.3) is 11.4 Å². The van der Waals surface area contributed by atoms with Crippen LogP contribution in [0.2, 0.25) is 0 Å². The van der Waals surface area contributed by atoms with Crippen LogP contribution in [0.3, 0.4) is 0 Å². The number of rotatable bonds is 10. The van der Waals surface area contributed by atoms with Crippen molar-refractivity contribution >= 4 is 11.9 Å². The molecule has 2 aromatic heterocycles. The Bertz CT molecular complexity index is 738. The van der Waals surface area contributed by atoms with E-state index < -0.39 is 24.0 Å². The first-order valence-electron chi connectivity index (χ1n) is 9.73. The fraction of sp³-hybridized carbons (Fsp3) is 0.429. The molecule has 2 aromatic rings. The predicted molar refractivity (Wildman–Crippen MR) is 107 cm³/mol. The molecule has 0 saturated heterocycles. The lowest BCUT2D eigenvalue weighted by molar-refractivity contribution is -0.438. The maximum atomic E-state index is 10.6. The highest BCUT2D eigenvalue weighted by Crippen LogP contribution is 2.14. The number of quaternary nitrogens is 1. The summed E-state index contributed by atoms with van der Waals surface area (Å²) < 4.78 is 0. The van der Waals surface area contributed by atoms with Crippen molar-refractivity contribution in [2.45, 2.75) is 57.5 Å². The number of carbonyl (C=O) groups is 2. The minimum atomic E-state index is -1.03. The van der Waals surface area contributed by atoms with Crippen molar-refractivity contribution in [1.82, 2.24) is 9.97 Å². The lowest BCUT2D eigenvalue weighted by atomic mass is 10.1. The van der Waals surface area contributed by atoms with E-state index in [0.717, 1.165) is 29.8 Å². The highest BCUT2D eigenvalue weighted by molar-refractivity contribution is 5.73. The van der Waals surface area contributed by atoms with Crippen LogP contribution in [0.1, 0.15) is 44.6 Å². The smallest absolute Gasteiger partial charge is 0.320 e. The number of hydrogen-bond donors (Lipinski definition) is 3. The lowest BCUT2D eigenvalue weighted by Crippen LogP contribution is -2.68. The number of carboxylic acid groups (broad SMARTS) is 2. The molecule has 29 heavy (non-hydrogen) atoms. The zero-order valence-corrected chi connectivity index (χ0v) is 16.8. The molecule has 158 valence electrons. The third-order valence-corrected chi connectivity index (χ3v) is 4.26. The van der Waals surface area contributed by atoms with Crippen molar-refractivity contribution in [1.29, 1.82) is 0 Å². The molecule has 0 bridgehead atoms. The maximum absolute atomic E-state index is 10.6. The van der Waals surface area contributed by atoms with Gasteiger partial charge in [0.2, 0.25) is 0 Å². The normalized spacial score (nSPS) is 12.4. The molecule has 0 aromatic carbocycles. The molecule has 8 nitrogen and oxygen atoms in total. The fourth-order valence-electron chi connectivity index (χ4n) is 2.49. The summed E-state index contributed by atoms with van der Waals surface area (Å²) in [5.74, 6) is -2.04. The van der Waals surface area contributed by atoms with Crippen molar-refractivity contribution < 1.29 is 25.5 Å². The van der Waals surface area contributed by atoms with Gasteiger partial charge < -0.3 is 26.5 Å². The Balaban J connectivity index is 0.000000331. The van der Waals surface area contributed by atoms with Crippen LogP contribution in [-0.2, 0) is 16.0 Å². The van der Waals surface area contributed by atoms with Crippen molar-refractivity contribution in [3.05, 3.63) is 48.3 Å². The second kappa shape index (κ2) is 13.4. The Kier molecular flexibility index (Phi) is 11.1. The lowest BCUT2D eigenvalue weighted by Gasteiger charge is -2.07. The quantitative estimate of drug-likeness (QED) is 0.486. The summed E-state index contributed by atoms with van der Waals surface area (Å²) in [6.07, 6.45) is 8.67. The van der Waals surface area contributed by atoms with Gasteiger partial charge in [0.05, 0.1) is 17.4 Å². The molecule has 0 spiro atoms. The molecular weight excluding hydrogens is 372 g/mol. The molecule has 6 N–H and O–H groups in total. The van der Waals surface area contributed by atoms with Gasteiger partial charge in [-0.15, -0.1) is 0 Å². The van der Waals surface area contributed by atoms with Gasteiger partial charge in [-0.25, -0.2) is 0 Å². The van der Waals surface area contributed by atoms with Gasteiger partial charge in [-0.1, -0.05) is 38.3 Å². The van der Waals surface area contributed by atoms with Gasteiger partial charge in [0.15, 0.2) is 0 Å². The Labute approximate surface area is 171 Å². The van der Waals surface area contributed by atoms with E-state index in [1.54, 1.807) is 12.4 Å². The first-order chi connectivity index (χ1) is 13.8. The van der Waals surface area contributed by atoms with E-state index in [1.165, 1.54) is 12.8 Å². The number of aromatic nitrogens is 2. The number of hydrogen-bond acceptors (Lipinski definition) is 6. The van der Waals surface area contributed by atoms with Gasteiger partial charge in [-0.05, 0) is 36.6 Å². The van der Waals surface area contributed by atoms with E-state index >= 15 is 0 Å². The van der Waals surface area contributed by atoms with Crippen LogP contribution in [0.15, 0.2) is 42.7 Å². The standard InChI is InChI=1S/C13H13N3O2.C8H17NO2/c14-10(13(17)18)7-9-4-5-12(16-8-9)11-3-1-2-6-15-11;1-2-3-4-5-6-7(9)8(10)11/h1-6,8,10H,7,14H2,(H,17,18);7H,2-6,9H2,1H3,(H,10,11)/t10-;7-/m11/s1. The number of nitrogens with zero attached hydrogens (tertiary/aromatic N) is 2. The van der Waals surface area contributed by atoms with E-state index in [2.05, 4.69) is 22.6 Å². The topological polar surface area (TPSA) is 157 Å². The Hall–Kier alpha value is -2.84. The highest BCUT2D eigenvalue weighted by atomic mass is 16.4. The summed E-state index contributed by atoms with van der Waals surface area (Å²) >= 11 is 0. The van der Waals surface area contributed by atoms with Crippen molar-refractivity contribution in [3.63, 3.8) is 0 Å². The summed E-state index contributed by atoms with van der Waals surface area (Å²) in [5.41, 5.74) is 11.3. The first kappa shape index (κ1) is 24.2. The van der Waals surface area contributed by atoms with E-state index in [9.17, 15) is 14.7 Å². The van der Waals surface area contributed by atoms with Gasteiger partial charge in [0.25, 0.3) is 0 Å². The third-order valence-electron chi connectivity index (χ3n) is 4.26. The zero-order chi connectivity index (χ0) is 21.6. The second-order valence-corrected chi connectivity index (χ2v) is 6.78. The van der Waals surface area contributed by atoms with Gasteiger partial charge in [0.1, 0.15) is 12.1 Å². The average molecular weight is 402 g/mol. The number of carbonyl (C=O) groups excluding carboxylic acids is 1. The monoisotopic (exact) mass is 402 g/mol. The van der Waals surface area contributed by atoms with Gasteiger partial charge >= 0.3 is 5.97 Å². The van der Waals surface area contributed by atoms with Crippen molar-refractivity contribution in [2.24, 2.45) is 5.73 Å². The number of pyridine rings is 2. The van der Waals surface area contributed by atoms with E-state index in [0.29, 0.717) is 6.42 Å². The Morgan fingerprint density at radius 3 is 2.38 bits per heavy atom. The molecular formula is C21H30N4O4. The Morgan fingerprint density at radius 2 is 1.86 bits per heavy atom. The highest BCUT2D eigenvalue weighted by Gasteiger charge is 2.12. The van der Waals surface area contributed by atoms with Crippen molar-refractivity contribution in [2.75, 3.05) is 0 Å². The number of aliphatic carboxylic acids is 2. The van der Waals surface area contributed by atoms with Crippen LogP contribution >= 0.6 is 0 Å². The average Bonchev–Trinajstić information content (AvgIpc) is 2.72. The molecule has 0 fully saturated rings. The van der Waals surface area contributed by atoms with Crippen LogP contribution in [0, 0.1) is 0 Å². The summed E-state index contributed by atoms with van der Waals surface area (Å²) in [6.45, 7) is 2.13. The summed E-state index contributed by atoms with van der Waals surface area (Å²) in [4.78, 5) is 29.3. The predicted octanol–water partition coefficient (Wildman–Crippen LogP) is 0.415. The molecule has 0 unspecified atom stereocenters. The molecule has 2 rings (SSSR count). The molecule has 2 heterocycles. The van der Waals surface area contributed by atoms with E-state index in [1.807, 2.05) is 30.3 Å². The molecule has 0 aliphatic heterocycles. The third kappa shape index (κ3) is 9.77. The van der Waals surface area contributed by atoms with Gasteiger partial charge in [-0.3, -0.25) is 14.8 Å². The minimum absolute atomic E-state index is 0.269. The first-order valence-corrected chi connectivity index (χ1v) is 9.73. The number of carboxylic acids is 2. The number of nitrogens with two attached hydrogens (primary N) is 1. The molecule has 2 atom stereocenters. The largest absolute Gasteiger partial charge is 0.544 e. The number of unbranched alkanes of at least 4 members (excludes halogenated alkanes) is 3. The van der Waals surface area contributed by atoms with Crippen LogP contribution < -0.4 is 16.6 Å². The van der Waals surface area contributed by atoms with E-state index in [-0.39, 0.29) is 6.42 Å². The molecule has 0 amide bonds. The summed E-state index contributed by atoms with van der Waals surface area (Å²) in [7, 11) is 0. The van der Waals surface area contributed by atoms with Gasteiger partial charge in [0, 0.05) is 18.8 Å². The zero-order valence-electron chi connectivity index (χ0n) is 16.8. The summed E-state index contributed by atoms with van der Waals surface area (Å²) in [6, 6.07) is 7.80.